The molecule has 1 heterocycles. The van der Waals surface area contributed by atoms with Gasteiger partial charge >= 0.3 is 0 Å². The molecular weight excluding hydrogens is 248 g/mol. The van der Waals surface area contributed by atoms with Crippen LogP contribution in [0.4, 0.5) is 0 Å². The first-order chi connectivity index (χ1) is 9.38. The van der Waals surface area contributed by atoms with Gasteiger partial charge in [0.1, 0.15) is 0 Å². The van der Waals surface area contributed by atoms with E-state index in [1.165, 1.54) is 25.7 Å². The van der Waals surface area contributed by atoms with Crippen molar-refractivity contribution >= 4 is 5.91 Å². The smallest absolute Gasteiger partial charge is 0.222 e. The van der Waals surface area contributed by atoms with Gasteiger partial charge in [-0.2, -0.15) is 0 Å². The summed E-state index contributed by atoms with van der Waals surface area (Å²) >= 11 is 0. The number of carbonyl (C=O) groups excluding carboxylic acids is 1. The number of likely N-dealkylation sites (tertiary alicyclic amines) is 1. The lowest BCUT2D eigenvalue weighted by Crippen LogP contribution is -2.50. The monoisotopic (exact) mass is 280 g/mol. The zero-order valence-corrected chi connectivity index (χ0v) is 13.7. The highest BCUT2D eigenvalue weighted by atomic mass is 16.2. The molecular formula is C17H32N2O. The molecule has 1 amide bonds. The topological polar surface area (TPSA) is 32.3 Å². The molecule has 0 aromatic heterocycles. The van der Waals surface area contributed by atoms with Gasteiger partial charge in [-0.3, -0.25) is 4.79 Å². The molecule has 1 saturated carbocycles. The maximum Gasteiger partial charge on any atom is 0.222 e. The number of nitrogens with zero attached hydrogens (tertiary/aromatic N) is 1. The van der Waals surface area contributed by atoms with Gasteiger partial charge in [0.25, 0.3) is 0 Å². The second-order valence-corrected chi connectivity index (χ2v) is 7.87. The molecule has 2 aliphatic rings. The zero-order chi connectivity index (χ0) is 14.8. The van der Waals surface area contributed by atoms with Gasteiger partial charge < -0.3 is 10.2 Å². The van der Waals surface area contributed by atoms with Crippen molar-refractivity contribution in [1.82, 2.24) is 10.2 Å². The van der Waals surface area contributed by atoms with Gasteiger partial charge in [-0.05, 0) is 37.5 Å². The summed E-state index contributed by atoms with van der Waals surface area (Å²) in [5, 5.41) is 3.83. The van der Waals surface area contributed by atoms with E-state index in [-0.39, 0.29) is 0 Å². The minimum Gasteiger partial charge on any atom is -0.341 e. The predicted octanol–water partition coefficient (Wildman–Crippen LogP) is 3.19. The first-order valence-electron chi connectivity index (χ1n) is 8.42. The van der Waals surface area contributed by atoms with Gasteiger partial charge in [-0.25, -0.2) is 0 Å². The molecule has 2 fully saturated rings. The van der Waals surface area contributed by atoms with Crippen LogP contribution >= 0.6 is 0 Å². The van der Waals surface area contributed by atoms with E-state index >= 15 is 0 Å². The lowest BCUT2D eigenvalue weighted by atomic mass is 9.69. The quantitative estimate of drug-likeness (QED) is 0.857. The van der Waals surface area contributed by atoms with Crippen molar-refractivity contribution in [2.24, 2.45) is 11.3 Å². The normalized spacial score (nSPS) is 29.8. The fourth-order valence-electron chi connectivity index (χ4n) is 4.01. The fraction of sp³-hybridized carbons (Fsp3) is 0.941. The average Bonchev–Trinajstić information content (AvgIpc) is 2.74. The van der Waals surface area contributed by atoms with Gasteiger partial charge in [0.2, 0.25) is 5.91 Å². The van der Waals surface area contributed by atoms with Crippen LogP contribution in [0.1, 0.15) is 66.2 Å². The molecule has 1 N–H and O–H groups in total. The lowest BCUT2D eigenvalue weighted by Gasteiger charge is -2.42. The van der Waals surface area contributed by atoms with Gasteiger partial charge in [-0.1, -0.05) is 33.6 Å². The van der Waals surface area contributed by atoms with Gasteiger partial charge in [-0.15, -0.1) is 0 Å². The third-order valence-electron chi connectivity index (χ3n) is 5.04. The maximum absolute atomic E-state index is 11.7. The highest BCUT2D eigenvalue weighted by Gasteiger charge is 2.35. The number of nitrogens with one attached hydrogen (secondary N) is 1. The van der Waals surface area contributed by atoms with Crippen LogP contribution in [0.2, 0.25) is 0 Å². The molecule has 3 atom stereocenters. The fourth-order valence-corrected chi connectivity index (χ4v) is 4.01. The Bertz CT molecular complexity index is 334. The Kier molecular flexibility index (Phi) is 5.11. The number of carbonyl (C=O) groups is 1. The van der Waals surface area contributed by atoms with E-state index < -0.39 is 0 Å². The molecule has 0 bridgehead atoms. The molecule has 0 aromatic carbocycles. The van der Waals surface area contributed by atoms with Crippen LogP contribution in [-0.2, 0) is 4.79 Å². The van der Waals surface area contributed by atoms with Crippen molar-refractivity contribution in [2.45, 2.75) is 78.3 Å². The second kappa shape index (κ2) is 6.46. The first kappa shape index (κ1) is 15.8. The van der Waals surface area contributed by atoms with E-state index in [0.29, 0.717) is 23.4 Å². The maximum atomic E-state index is 11.7. The molecule has 3 heteroatoms. The largest absolute Gasteiger partial charge is 0.341 e. The first-order valence-corrected chi connectivity index (χ1v) is 8.42. The van der Waals surface area contributed by atoms with E-state index in [9.17, 15) is 4.79 Å². The molecule has 3 unspecified atom stereocenters. The summed E-state index contributed by atoms with van der Waals surface area (Å²) < 4.78 is 0. The number of amides is 1. The minimum atomic E-state index is 0.342. The van der Waals surface area contributed by atoms with Crippen LogP contribution in [-0.4, -0.2) is 36.0 Å². The van der Waals surface area contributed by atoms with E-state index in [4.69, 9.17) is 0 Å². The molecule has 1 saturated heterocycles. The van der Waals surface area contributed by atoms with Crippen LogP contribution in [0.25, 0.3) is 0 Å². The Balaban J connectivity index is 1.88. The highest BCUT2D eigenvalue weighted by Crippen LogP contribution is 2.38. The average molecular weight is 280 g/mol. The summed E-state index contributed by atoms with van der Waals surface area (Å²) in [6, 6.07) is 1.03. The molecule has 20 heavy (non-hydrogen) atoms. The molecule has 0 spiro atoms. The molecule has 3 nitrogen and oxygen atoms in total. The third kappa shape index (κ3) is 3.97. The van der Waals surface area contributed by atoms with Crippen molar-refractivity contribution in [1.29, 1.82) is 0 Å². The summed E-state index contributed by atoms with van der Waals surface area (Å²) in [6.45, 7) is 11.2. The second-order valence-electron chi connectivity index (χ2n) is 7.87. The van der Waals surface area contributed by atoms with Crippen molar-refractivity contribution in [3.63, 3.8) is 0 Å². The van der Waals surface area contributed by atoms with Crippen molar-refractivity contribution < 1.29 is 4.79 Å². The SMILES string of the molecule is CC(CN1CCCC1=O)NC1CCCCC1C(C)(C)C. The third-order valence-corrected chi connectivity index (χ3v) is 5.04. The summed E-state index contributed by atoms with van der Waals surface area (Å²) in [7, 11) is 0. The summed E-state index contributed by atoms with van der Waals surface area (Å²) in [5.41, 5.74) is 0.376. The van der Waals surface area contributed by atoms with Crippen molar-refractivity contribution in [3.05, 3.63) is 0 Å². The summed E-state index contributed by atoms with van der Waals surface area (Å²) in [4.78, 5) is 13.8. The van der Waals surface area contributed by atoms with E-state index in [1.54, 1.807) is 0 Å². The van der Waals surface area contributed by atoms with Crippen molar-refractivity contribution in [3.8, 4) is 0 Å². The van der Waals surface area contributed by atoms with Gasteiger partial charge in [0.15, 0.2) is 0 Å². The van der Waals surface area contributed by atoms with E-state index in [1.807, 2.05) is 4.90 Å². The summed E-state index contributed by atoms with van der Waals surface area (Å²) in [6.07, 6.45) is 7.15. The Morgan fingerprint density at radius 3 is 2.55 bits per heavy atom. The molecule has 1 aliphatic carbocycles. The van der Waals surface area contributed by atoms with Crippen LogP contribution in [0.15, 0.2) is 0 Å². The molecule has 1 aliphatic heterocycles. The van der Waals surface area contributed by atoms with E-state index in [2.05, 4.69) is 33.0 Å². The summed E-state index contributed by atoms with van der Waals surface area (Å²) in [5.74, 6) is 1.10. The van der Waals surface area contributed by atoms with Crippen LogP contribution < -0.4 is 5.32 Å². The lowest BCUT2D eigenvalue weighted by molar-refractivity contribution is -0.128. The van der Waals surface area contributed by atoms with Crippen LogP contribution in [0, 0.1) is 11.3 Å². The molecule has 0 radical (unpaired) electrons. The zero-order valence-electron chi connectivity index (χ0n) is 13.7. The number of rotatable bonds is 4. The van der Waals surface area contributed by atoms with Crippen molar-refractivity contribution in [2.75, 3.05) is 13.1 Å². The Morgan fingerprint density at radius 2 is 1.95 bits per heavy atom. The highest BCUT2D eigenvalue weighted by molar-refractivity contribution is 5.78. The molecule has 2 rings (SSSR count). The Labute approximate surface area is 124 Å². The Morgan fingerprint density at radius 1 is 1.25 bits per heavy atom. The number of hydrogen-bond donors (Lipinski definition) is 1. The number of hydrogen-bond acceptors (Lipinski definition) is 2. The standard InChI is InChI=1S/C17H32N2O/c1-13(12-19-11-7-10-16(19)20)18-15-9-6-5-8-14(15)17(2,3)4/h13-15,18H,5-12H2,1-4H3. The van der Waals surface area contributed by atoms with E-state index in [0.717, 1.165) is 31.8 Å². The molecule has 116 valence electrons. The predicted molar refractivity (Wildman–Crippen MR) is 83.6 cm³/mol. The Hall–Kier alpha value is -0.570. The van der Waals surface area contributed by atoms with Gasteiger partial charge in [0.05, 0.1) is 0 Å². The van der Waals surface area contributed by atoms with Crippen LogP contribution in [0.3, 0.4) is 0 Å². The van der Waals surface area contributed by atoms with Crippen LogP contribution in [0.5, 0.6) is 0 Å². The molecule has 0 aromatic rings. The minimum absolute atomic E-state index is 0.342. The van der Waals surface area contributed by atoms with Gasteiger partial charge in [0, 0.05) is 31.6 Å².